The largest absolute Gasteiger partial charge is 0.464 e. The van der Waals surface area contributed by atoms with Crippen LogP contribution >= 0.6 is 15.9 Å². The fourth-order valence-corrected chi connectivity index (χ4v) is 1.62. The van der Waals surface area contributed by atoms with Crippen molar-refractivity contribution in [2.75, 3.05) is 14.2 Å². The maximum atomic E-state index is 11.3. The molecule has 15 heavy (non-hydrogen) atoms. The Kier molecular flexibility index (Phi) is 4.71. The van der Waals surface area contributed by atoms with Gasteiger partial charge < -0.3 is 9.47 Å². The molecule has 0 N–H and O–H groups in total. The number of hydrogen-bond donors (Lipinski definition) is 0. The number of pyridine rings is 1. The van der Waals surface area contributed by atoms with Crippen LogP contribution in [0.2, 0.25) is 0 Å². The van der Waals surface area contributed by atoms with E-state index in [1.54, 1.807) is 13.3 Å². The van der Waals surface area contributed by atoms with Gasteiger partial charge in [0.05, 0.1) is 13.7 Å². The Morgan fingerprint density at radius 1 is 1.53 bits per heavy atom. The van der Waals surface area contributed by atoms with E-state index in [0.29, 0.717) is 17.6 Å². The molecule has 0 unspecified atom stereocenters. The first-order valence-corrected chi connectivity index (χ1v) is 5.46. The Labute approximate surface area is 96.7 Å². The summed E-state index contributed by atoms with van der Waals surface area (Å²) in [6, 6.07) is 1.87. The van der Waals surface area contributed by atoms with Gasteiger partial charge in [0.15, 0.2) is 5.69 Å². The summed E-state index contributed by atoms with van der Waals surface area (Å²) in [4.78, 5) is 15.4. The van der Waals surface area contributed by atoms with Crippen molar-refractivity contribution in [2.45, 2.75) is 11.9 Å². The highest BCUT2D eigenvalue weighted by Crippen LogP contribution is 2.14. The van der Waals surface area contributed by atoms with Crippen LogP contribution in [0.3, 0.4) is 0 Å². The number of halogens is 1. The molecule has 1 aromatic heterocycles. The maximum Gasteiger partial charge on any atom is 0.356 e. The molecule has 82 valence electrons. The van der Waals surface area contributed by atoms with Crippen molar-refractivity contribution in [1.29, 1.82) is 0 Å². The average molecular weight is 274 g/mol. The molecule has 0 fully saturated rings. The Bertz CT molecular complexity index is 355. The number of methoxy groups -OCH3 is 2. The fourth-order valence-electron chi connectivity index (χ4n) is 1.19. The Morgan fingerprint density at radius 3 is 2.80 bits per heavy atom. The number of aromatic nitrogens is 1. The van der Waals surface area contributed by atoms with Gasteiger partial charge in [-0.3, -0.25) is 0 Å². The molecule has 0 saturated carbocycles. The molecule has 4 nitrogen and oxygen atoms in total. The molecule has 1 rings (SSSR count). The monoisotopic (exact) mass is 273 g/mol. The SMILES string of the molecule is COCc1cnc(C(=O)OC)c(CBr)c1. The van der Waals surface area contributed by atoms with Crippen LogP contribution in [0.1, 0.15) is 21.6 Å². The van der Waals surface area contributed by atoms with Crippen LogP contribution in [-0.2, 0) is 21.4 Å². The van der Waals surface area contributed by atoms with E-state index >= 15 is 0 Å². The first-order valence-electron chi connectivity index (χ1n) is 4.34. The van der Waals surface area contributed by atoms with Gasteiger partial charge in [0, 0.05) is 18.6 Å². The smallest absolute Gasteiger partial charge is 0.356 e. The van der Waals surface area contributed by atoms with Crippen LogP contribution in [0.4, 0.5) is 0 Å². The zero-order valence-corrected chi connectivity index (χ0v) is 10.2. The fraction of sp³-hybridized carbons (Fsp3) is 0.400. The van der Waals surface area contributed by atoms with Gasteiger partial charge in [-0.2, -0.15) is 0 Å². The minimum Gasteiger partial charge on any atom is -0.464 e. The molecule has 5 heteroatoms. The van der Waals surface area contributed by atoms with Gasteiger partial charge in [0.2, 0.25) is 0 Å². The summed E-state index contributed by atoms with van der Waals surface area (Å²) in [5.41, 5.74) is 2.07. The molecule has 0 aliphatic carbocycles. The minimum absolute atomic E-state index is 0.342. The van der Waals surface area contributed by atoms with Gasteiger partial charge in [-0.25, -0.2) is 9.78 Å². The Morgan fingerprint density at radius 2 is 2.27 bits per heavy atom. The number of esters is 1. The number of alkyl halides is 1. The van der Waals surface area contributed by atoms with E-state index < -0.39 is 5.97 Å². The second-order valence-electron chi connectivity index (χ2n) is 2.91. The quantitative estimate of drug-likeness (QED) is 0.621. The van der Waals surface area contributed by atoms with Crippen LogP contribution in [-0.4, -0.2) is 25.2 Å². The van der Waals surface area contributed by atoms with E-state index in [-0.39, 0.29) is 0 Å². The molecule has 0 aliphatic rings. The van der Waals surface area contributed by atoms with Crippen molar-refractivity contribution in [3.8, 4) is 0 Å². The van der Waals surface area contributed by atoms with Crippen molar-refractivity contribution in [3.63, 3.8) is 0 Å². The highest BCUT2D eigenvalue weighted by molar-refractivity contribution is 9.08. The Hall–Kier alpha value is -0.940. The molecule has 0 bridgehead atoms. The van der Waals surface area contributed by atoms with Gasteiger partial charge in [0.1, 0.15) is 0 Å². The lowest BCUT2D eigenvalue weighted by Crippen LogP contribution is -2.08. The third kappa shape index (κ3) is 3.00. The van der Waals surface area contributed by atoms with E-state index in [1.165, 1.54) is 7.11 Å². The van der Waals surface area contributed by atoms with Gasteiger partial charge in [-0.15, -0.1) is 0 Å². The first-order chi connectivity index (χ1) is 7.22. The molecule has 0 saturated heterocycles. The second kappa shape index (κ2) is 5.82. The lowest BCUT2D eigenvalue weighted by atomic mass is 10.1. The number of carbonyl (C=O) groups is 1. The van der Waals surface area contributed by atoms with E-state index in [1.807, 2.05) is 6.07 Å². The summed E-state index contributed by atoms with van der Waals surface area (Å²) >= 11 is 3.30. The van der Waals surface area contributed by atoms with Gasteiger partial charge in [-0.05, 0) is 17.2 Å². The lowest BCUT2D eigenvalue weighted by Gasteiger charge is -2.06. The van der Waals surface area contributed by atoms with Gasteiger partial charge in [-0.1, -0.05) is 15.9 Å². The zero-order valence-electron chi connectivity index (χ0n) is 8.62. The third-order valence-electron chi connectivity index (χ3n) is 1.86. The molecular formula is C10H12BrNO3. The molecule has 0 aliphatic heterocycles. The number of ether oxygens (including phenoxy) is 2. The van der Waals surface area contributed by atoms with Crippen molar-refractivity contribution in [1.82, 2.24) is 4.98 Å². The molecule has 0 spiro atoms. The van der Waals surface area contributed by atoms with Crippen LogP contribution in [0.25, 0.3) is 0 Å². The summed E-state index contributed by atoms with van der Waals surface area (Å²) in [6.07, 6.45) is 1.61. The molecule has 0 atom stereocenters. The van der Waals surface area contributed by atoms with Crippen LogP contribution in [0.5, 0.6) is 0 Å². The molecule has 0 amide bonds. The summed E-state index contributed by atoms with van der Waals surface area (Å²) in [7, 11) is 2.95. The molecular weight excluding hydrogens is 262 g/mol. The number of hydrogen-bond acceptors (Lipinski definition) is 4. The first kappa shape index (κ1) is 12.1. The summed E-state index contributed by atoms with van der Waals surface area (Å²) in [5, 5.41) is 0.558. The standard InChI is InChI=1S/C10H12BrNO3/c1-14-6-7-3-8(4-11)9(12-5-7)10(13)15-2/h3,5H,4,6H2,1-2H3. The highest BCUT2D eigenvalue weighted by atomic mass is 79.9. The van der Waals surface area contributed by atoms with Crippen molar-refractivity contribution < 1.29 is 14.3 Å². The third-order valence-corrected chi connectivity index (χ3v) is 2.46. The number of nitrogens with zero attached hydrogens (tertiary/aromatic N) is 1. The zero-order chi connectivity index (χ0) is 11.3. The van der Waals surface area contributed by atoms with Crippen LogP contribution < -0.4 is 0 Å². The predicted molar refractivity (Wildman–Crippen MR) is 58.9 cm³/mol. The van der Waals surface area contributed by atoms with Crippen molar-refractivity contribution in [2.24, 2.45) is 0 Å². The van der Waals surface area contributed by atoms with Gasteiger partial charge >= 0.3 is 5.97 Å². The van der Waals surface area contributed by atoms with E-state index in [9.17, 15) is 4.79 Å². The summed E-state index contributed by atoms with van der Waals surface area (Å²) < 4.78 is 9.61. The molecule has 1 heterocycles. The lowest BCUT2D eigenvalue weighted by molar-refractivity contribution is 0.0593. The highest BCUT2D eigenvalue weighted by Gasteiger charge is 2.13. The predicted octanol–water partition coefficient (Wildman–Crippen LogP) is 1.91. The summed E-state index contributed by atoms with van der Waals surface area (Å²) in [5.74, 6) is -0.423. The maximum absolute atomic E-state index is 11.3. The Balaban J connectivity index is 3.03. The van der Waals surface area contributed by atoms with E-state index in [0.717, 1.165) is 11.1 Å². The summed E-state index contributed by atoms with van der Waals surface area (Å²) in [6.45, 7) is 0.481. The van der Waals surface area contributed by atoms with E-state index in [4.69, 9.17) is 4.74 Å². The topological polar surface area (TPSA) is 48.4 Å². The number of carbonyl (C=O) groups excluding carboxylic acids is 1. The minimum atomic E-state index is -0.423. The second-order valence-corrected chi connectivity index (χ2v) is 3.47. The number of rotatable bonds is 4. The molecule has 1 aromatic rings. The molecule has 0 radical (unpaired) electrons. The average Bonchev–Trinajstić information content (AvgIpc) is 2.28. The van der Waals surface area contributed by atoms with Crippen molar-refractivity contribution in [3.05, 3.63) is 29.1 Å². The normalized spacial score (nSPS) is 10.1. The van der Waals surface area contributed by atoms with Gasteiger partial charge in [0.25, 0.3) is 0 Å². The molecule has 0 aromatic carbocycles. The van der Waals surface area contributed by atoms with E-state index in [2.05, 4.69) is 25.7 Å². The van der Waals surface area contributed by atoms with Crippen LogP contribution in [0.15, 0.2) is 12.3 Å². The van der Waals surface area contributed by atoms with Crippen LogP contribution in [0, 0.1) is 0 Å². The van der Waals surface area contributed by atoms with Crippen molar-refractivity contribution >= 4 is 21.9 Å².